The Morgan fingerprint density at radius 3 is 2.48 bits per heavy atom. The highest BCUT2D eigenvalue weighted by atomic mass is 16.6. The Morgan fingerprint density at radius 2 is 1.86 bits per heavy atom. The summed E-state index contributed by atoms with van der Waals surface area (Å²) in [5, 5.41) is 37.8. The molecule has 0 aromatic heterocycles. The van der Waals surface area contributed by atoms with E-state index in [0.29, 0.717) is 0 Å². The number of aliphatic carboxylic acids is 1. The average molecular weight is 294 g/mol. The molecule has 0 radical (unpaired) electrons. The van der Waals surface area contributed by atoms with E-state index in [0.717, 1.165) is 6.08 Å². The number of aliphatic hydroxyl groups is 2. The standard InChI is InChI=1S/C14H14O7/c15-9-4-2-1-3-8(9)14(20)21-11-6-7(13(18)19)5-10(16)12(11)17/h1-4,6,10-12,15-17H,5H2,(H,18,19). The molecule has 3 atom stereocenters. The van der Waals surface area contributed by atoms with Crippen LogP contribution < -0.4 is 0 Å². The van der Waals surface area contributed by atoms with Gasteiger partial charge in [0, 0.05) is 12.0 Å². The van der Waals surface area contributed by atoms with Crippen molar-refractivity contribution in [1.29, 1.82) is 0 Å². The maximum Gasteiger partial charge on any atom is 0.342 e. The fourth-order valence-electron chi connectivity index (χ4n) is 2.03. The number of ether oxygens (including phenoxy) is 1. The maximum atomic E-state index is 11.9. The summed E-state index contributed by atoms with van der Waals surface area (Å²) in [5.74, 6) is -2.48. The molecule has 0 bridgehead atoms. The van der Waals surface area contributed by atoms with Gasteiger partial charge >= 0.3 is 11.9 Å². The number of esters is 1. The number of carbonyl (C=O) groups is 2. The third kappa shape index (κ3) is 3.21. The molecule has 1 aromatic carbocycles. The van der Waals surface area contributed by atoms with E-state index in [2.05, 4.69) is 0 Å². The molecule has 3 unspecified atom stereocenters. The van der Waals surface area contributed by atoms with E-state index in [4.69, 9.17) is 9.84 Å². The molecule has 1 aliphatic rings. The van der Waals surface area contributed by atoms with Crippen LogP contribution in [0.25, 0.3) is 0 Å². The number of phenolic OH excluding ortho intramolecular Hbond substituents is 1. The number of benzene rings is 1. The summed E-state index contributed by atoms with van der Waals surface area (Å²) in [6.45, 7) is 0. The molecule has 0 saturated carbocycles. The fourth-order valence-corrected chi connectivity index (χ4v) is 2.03. The number of aliphatic hydroxyl groups excluding tert-OH is 2. The molecule has 21 heavy (non-hydrogen) atoms. The van der Waals surface area contributed by atoms with Crippen molar-refractivity contribution in [3.8, 4) is 5.75 Å². The average Bonchev–Trinajstić information content (AvgIpc) is 2.43. The SMILES string of the molecule is O=C(O)C1=CC(OC(=O)c2ccccc2O)C(O)C(O)C1. The van der Waals surface area contributed by atoms with Crippen LogP contribution in [-0.2, 0) is 9.53 Å². The molecule has 0 saturated heterocycles. The lowest BCUT2D eigenvalue weighted by atomic mass is 9.92. The first kappa shape index (κ1) is 15.0. The first-order valence-electron chi connectivity index (χ1n) is 6.19. The van der Waals surface area contributed by atoms with Gasteiger partial charge in [0.25, 0.3) is 0 Å². The van der Waals surface area contributed by atoms with Crippen molar-refractivity contribution in [1.82, 2.24) is 0 Å². The van der Waals surface area contributed by atoms with Crippen LogP contribution in [0.5, 0.6) is 5.75 Å². The molecule has 7 heteroatoms. The quantitative estimate of drug-likeness (QED) is 0.581. The molecule has 0 amide bonds. The molecular formula is C14H14O7. The second-order valence-corrected chi connectivity index (χ2v) is 4.65. The highest BCUT2D eigenvalue weighted by Gasteiger charge is 2.35. The van der Waals surface area contributed by atoms with E-state index >= 15 is 0 Å². The van der Waals surface area contributed by atoms with Gasteiger partial charge in [-0.3, -0.25) is 0 Å². The van der Waals surface area contributed by atoms with Gasteiger partial charge in [-0.05, 0) is 18.2 Å². The van der Waals surface area contributed by atoms with Gasteiger partial charge in [-0.15, -0.1) is 0 Å². The van der Waals surface area contributed by atoms with E-state index < -0.39 is 30.3 Å². The molecule has 0 aliphatic heterocycles. The van der Waals surface area contributed by atoms with Crippen LogP contribution in [0, 0.1) is 0 Å². The highest BCUT2D eigenvalue weighted by Crippen LogP contribution is 2.24. The smallest absolute Gasteiger partial charge is 0.342 e. The predicted molar refractivity (Wildman–Crippen MR) is 69.7 cm³/mol. The van der Waals surface area contributed by atoms with Crippen LogP contribution in [0.4, 0.5) is 0 Å². The van der Waals surface area contributed by atoms with Crippen molar-refractivity contribution in [3.63, 3.8) is 0 Å². The fraction of sp³-hybridized carbons (Fsp3) is 0.286. The number of carbonyl (C=O) groups excluding carboxylic acids is 1. The summed E-state index contributed by atoms with van der Waals surface area (Å²) in [4.78, 5) is 22.8. The summed E-state index contributed by atoms with van der Waals surface area (Å²) in [5.41, 5.74) is -0.266. The predicted octanol–water partition coefficient (Wildman–Crippen LogP) is 0.0541. The van der Waals surface area contributed by atoms with Crippen LogP contribution in [0.2, 0.25) is 0 Å². The topological polar surface area (TPSA) is 124 Å². The lowest BCUT2D eigenvalue weighted by Gasteiger charge is -2.29. The Balaban J connectivity index is 2.21. The number of aromatic hydroxyl groups is 1. The Bertz CT molecular complexity index is 593. The summed E-state index contributed by atoms with van der Waals surface area (Å²) < 4.78 is 4.97. The van der Waals surface area contributed by atoms with Crippen molar-refractivity contribution in [2.24, 2.45) is 0 Å². The van der Waals surface area contributed by atoms with Gasteiger partial charge in [0.05, 0.1) is 6.10 Å². The summed E-state index contributed by atoms with van der Waals surface area (Å²) in [6, 6.07) is 5.65. The lowest BCUT2D eigenvalue weighted by Crippen LogP contribution is -2.43. The monoisotopic (exact) mass is 294 g/mol. The molecule has 2 rings (SSSR count). The van der Waals surface area contributed by atoms with Crippen LogP contribution in [0.15, 0.2) is 35.9 Å². The summed E-state index contributed by atoms with van der Waals surface area (Å²) >= 11 is 0. The van der Waals surface area contributed by atoms with E-state index in [1.165, 1.54) is 24.3 Å². The van der Waals surface area contributed by atoms with Gasteiger partial charge in [0.2, 0.25) is 0 Å². The van der Waals surface area contributed by atoms with E-state index in [-0.39, 0.29) is 23.3 Å². The zero-order chi connectivity index (χ0) is 15.6. The number of hydrogen-bond donors (Lipinski definition) is 4. The lowest BCUT2D eigenvalue weighted by molar-refractivity contribution is -0.134. The minimum absolute atomic E-state index is 0.116. The normalized spacial score (nSPS) is 25.0. The largest absolute Gasteiger partial charge is 0.507 e. The number of carboxylic acids is 1. The zero-order valence-electron chi connectivity index (χ0n) is 10.8. The van der Waals surface area contributed by atoms with Crippen molar-refractivity contribution >= 4 is 11.9 Å². The van der Waals surface area contributed by atoms with Gasteiger partial charge in [-0.1, -0.05) is 12.1 Å². The Kier molecular flexibility index (Phi) is 4.25. The Morgan fingerprint density at radius 1 is 1.19 bits per heavy atom. The number of phenols is 1. The molecule has 0 spiro atoms. The first-order valence-corrected chi connectivity index (χ1v) is 6.19. The highest BCUT2D eigenvalue weighted by molar-refractivity contribution is 5.92. The van der Waals surface area contributed by atoms with Crippen molar-refractivity contribution < 1.29 is 34.8 Å². The Hall–Kier alpha value is -2.38. The number of rotatable bonds is 3. The molecule has 0 heterocycles. The van der Waals surface area contributed by atoms with E-state index in [1.807, 2.05) is 0 Å². The molecule has 1 aromatic rings. The summed E-state index contributed by atoms with van der Waals surface area (Å²) in [6.07, 6.45) is -3.23. The van der Waals surface area contributed by atoms with Crippen molar-refractivity contribution in [2.75, 3.05) is 0 Å². The van der Waals surface area contributed by atoms with E-state index in [1.54, 1.807) is 0 Å². The van der Waals surface area contributed by atoms with Gasteiger partial charge in [0.15, 0.2) is 0 Å². The summed E-state index contributed by atoms with van der Waals surface area (Å²) in [7, 11) is 0. The second kappa shape index (κ2) is 5.94. The molecule has 0 fully saturated rings. The third-order valence-corrected chi connectivity index (χ3v) is 3.17. The number of hydrogen-bond acceptors (Lipinski definition) is 6. The van der Waals surface area contributed by atoms with Crippen LogP contribution in [0.1, 0.15) is 16.8 Å². The maximum absolute atomic E-state index is 11.9. The molecule has 112 valence electrons. The van der Waals surface area contributed by atoms with Gasteiger partial charge < -0.3 is 25.2 Å². The van der Waals surface area contributed by atoms with Crippen LogP contribution in [0.3, 0.4) is 0 Å². The van der Waals surface area contributed by atoms with E-state index in [9.17, 15) is 24.9 Å². The second-order valence-electron chi connectivity index (χ2n) is 4.65. The molecular weight excluding hydrogens is 280 g/mol. The third-order valence-electron chi connectivity index (χ3n) is 3.17. The number of para-hydroxylation sites is 1. The van der Waals surface area contributed by atoms with Gasteiger partial charge in [0.1, 0.15) is 23.5 Å². The molecule has 1 aliphatic carbocycles. The van der Waals surface area contributed by atoms with Crippen LogP contribution in [-0.4, -0.2) is 50.7 Å². The molecule has 4 N–H and O–H groups in total. The minimum Gasteiger partial charge on any atom is -0.507 e. The Labute approximate surface area is 119 Å². The first-order chi connectivity index (χ1) is 9.90. The zero-order valence-corrected chi connectivity index (χ0v) is 10.8. The number of carboxylic acid groups (broad SMARTS) is 1. The van der Waals surface area contributed by atoms with Gasteiger partial charge in [-0.25, -0.2) is 9.59 Å². The molecule has 7 nitrogen and oxygen atoms in total. The van der Waals surface area contributed by atoms with Gasteiger partial charge in [-0.2, -0.15) is 0 Å². The van der Waals surface area contributed by atoms with Crippen LogP contribution >= 0.6 is 0 Å². The van der Waals surface area contributed by atoms with Crippen molar-refractivity contribution in [2.45, 2.75) is 24.7 Å². The minimum atomic E-state index is -1.43. The van der Waals surface area contributed by atoms with Crippen molar-refractivity contribution in [3.05, 3.63) is 41.5 Å².